The SMILES string of the molecule is O=C(NCC(F)(F)F)[C@H]1CCCN1Cc1cccc2cccnc12. The van der Waals surface area contributed by atoms with Gasteiger partial charge in [-0.05, 0) is 31.0 Å². The van der Waals surface area contributed by atoms with Gasteiger partial charge in [0.15, 0.2) is 0 Å². The lowest BCUT2D eigenvalue weighted by molar-refractivity contribution is -0.141. The van der Waals surface area contributed by atoms with E-state index in [1.165, 1.54) is 0 Å². The zero-order valence-corrected chi connectivity index (χ0v) is 13.0. The number of hydrogen-bond donors (Lipinski definition) is 1. The number of halogens is 3. The number of hydrogen-bond acceptors (Lipinski definition) is 3. The largest absolute Gasteiger partial charge is 0.405 e. The number of likely N-dealkylation sites (tertiary alicyclic amines) is 1. The Balaban J connectivity index is 1.72. The number of carbonyl (C=O) groups is 1. The molecule has 1 aromatic carbocycles. The van der Waals surface area contributed by atoms with Crippen LogP contribution in [0.1, 0.15) is 18.4 Å². The van der Waals surface area contributed by atoms with Crippen LogP contribution >= 0.6 is 0 Å². The van der Waals surface area contributed by atoms with Gasteiger partial charge in [0.25, 0.3) is 0 Å². The lowest BCUT2D eigenvalue weighted by Crippen LogP contribution is -2.45. The van der Waals surface area contributed by atoms with Gasteiger partial charge in [-0.1, -0.05) is 24.3 Å². The van der Waals surface area contributed by atoms with Crippen LogP contribution in [0.15, 0.2) is 36.5 Å². The molecule has 2 aromatic rings. The van der Waals surface area contributed by atoms with E-state index < -0.39 is 24.7 Å². The van der Waals surface area contributed by atoms with Crippen molar-refractivity contribution in [2.75, 3.05) is 13.1 Å². The number of carbonyl (C=O) groups excluding carboxylic acids is 1. The normalized spacial score (nSPS) is 18.9. The van der Waals surface area contributed by atoms with Gasteiger partial charge in [-0.3, -0.25) is 14.7 Å². The summed E-state index contributed by atoms with van der Waals surface area (Å²) < 4.78 is 36.9. The van der Waals surface area contributed by atoms with Gasteiger partial charge in [-0.25, -0.2) is 0 Å². The fourth-order valence-electron chi connectivity index (χ4n) is 3.13. The molecule has 0 aliphatic carbocycles. The summed E-state index contributed by atoms with van der Waals surface area (Å²) in [7, 11) is 0. The van der Waals surface area contributed by atoms with Gasteiger partial charge in [-0.2, -0.15) is 13.2 Å². The third-order valence-corrected chi connectivity index (χ3v) is 4.22. The standard InChI is InChI=1S/C17H18F3N3O/c18-17(19,20)11-22-16(24)14-7-3-9-23(14)10-13-5-1-4-12-6-2-8-21-15(12)13/h1-2,4-6,8,14H,3,7,9-11H2,(H,22,24)/t14-/m1/s1. The van der Waals surface area contributed by atoms with Crippen molar-refractivity contribution < 1.29 is 18.0 Å². The molecule has 0 radical (unpaired) electrons. The van der Waals surface area contributed by atoms with Crippen molar-refractivity contribution in [3.05, 3.63) is 42.1 Å². The molecular formula is C17H18F3N3O. The molecule has 24 heavy (non-hydrogen) atoms. The molecule has 1 saturated heterocycles. The summed E-state index contributed by atoms with van der Waals surface area (Å²) in [5, 5.41) is 3.00. The quantitative estimate of drug-likeness (QED) is 0.933. The summed E-state index contributed by atoms with van der Waals surface area (Å²) in [6.45, 7) is -0.0994. The zero-order chi connectivity index (χ0) is 17.2. The number of rotatable bonds is 4. The van der Waals surface area contributed by atoms with E-state index in [-0.39, 0.29) is 0 Å². The summed E-state index contributed by atoms with van der Waals surface area (Å²) in [6, 6.07) is 9.13. The number of aromatic nitrogens is 1. The second-order valence-corrected chi connectivity index (χ2v) is 5.95. The second-order valence-electron chi connectivity index (χ2n) is 5.95. The van der Waals surface area contributed by atoms with E-state index >= 15 is 0 Å². The topological polar surface area (TPSA) is 45.2 Å². The minimum Gasteiger partial charge on any atom is -0.346 e. The highest BCUT2D eigenvalue weighted by molar-refractivity contribution is 5.83. The molecule has 0 saturated carbocycles. The maximum absolute atomic E-state index is 12.3. The molecule has 1 amide bonds. The zero-order valence-electron chi connectivity index (χ0n) is 13.0. The second kappa shape index (κ2) is 6.76. The van der Waals surface area contributed by atoms with Crippen LogP contribution in [-0.4, -0.2) is 41.1 Å². The molecule has 1 atom stereocenters. The number of benzene rings is 1. The highest BCUT2D eigenvalue weighted by Gasteiger charge is 2.34. The van der Waals surface area contributed by atoms with Crippen molar-refractivity contribution in [2.24, 2.45) is 0 Å². The first-order valence-electron chi connectivity index (χ1n) is 7.85. The smallest absolute Gasteiger partial charge is 0.346 e. The van der Waals surface area contributed by atoms with Crippen molar-refractivity contribution in [3.63, 3.8) is 0 Å². The number of fused-ring (bicyclic) bond motifs is 1. The van der Waals surface area contributed by atoms with E-state index in [1.54, 1.807) is 6.20 Å². The van der Waals surface area contributed by atoms with E-state index in [4.69, 9.17) is 0 Å². The average Bonchev–Trinajstić information content (AvgIpc) is 3.00. The van der Waals surface area contributed by atoms with Gasteiger partial charge >= 0.3 is 6.18 Å². The first-order valence-corrected chi connectivity index (χ1v) is 7.85. The van der Waals surface area contributed by atoms with Crippen LogP contribution in [0.25, 0.3) is 10.9 Å². The van der Waals surface area contributed by atoms with E-state index in [2.05, 4.69) is 4.98 Å². The molecule has 3 rings (SSSR count). The molecule has 0 spiro atoms. The monoisotopic (exact) mass is 337 g/mol. The van der Waals surface area contributed by atoms with Crippen LogP contribution in [0.5, 0.6) is 0 Å². The molecule has 1 aromatic heterocycles. The van der Waals surface area contributed by atoms with Gasteiger partial charge < -0.3 is 5.32 Å². The van der Waals surface area contributed by atoms with E-state index in [9.17, 15) is 18.0 Å². The number of amides is 1. The number of para-hydroxylation sites is 1. The summed E-state index contributed by atoms with van der Waals surface area (Å²) in [4.78, 5) is 18.4. The van der Waals surface area contributed by atoms with Crippen LogP contribution in [-0.2, 0) is 11.3 Å². The third kappa shape index (κ3) is 3.84. The molecule has 1 aliphatic heterocycles. The van der Waals surface area contributed by atoms with Crippen LogP contribution < -0.4 is 5.32 Å². The Bertz CT molecular complexity index is 727. The molecular weight excluding hydrogens is 319 g/mol. The molecule has 0 unspecified atom stereocenters. The van der Waals surface area contributed by atoms with E-state index in [1.807, 2.05) is 40.5 Å². The summed E-state index contributed by atoms with van der Waals surface area (Å²) in [5.41, 5.74) is 1.84. The van der Waals surface area contributed by atoms with Gasteiger partial charge in [0.05, 0.1) is 11.6 Å². The van der Waals surface area contributed by atoms with Crippen molar-refractivity contribution in [3.8, 4) is 0 Å². The molecule has 1 N–H and O–H groups in total. The number of nitrogens with zero attached hydrogens (tertiary/aromatic N) is 2. The maximum Gasteiger partial charge on any atom is 0.405 e. The Kier molecular flexibility index (Phi) is 4.71. The molecule has 4 nitrogen and oxygen atoms in total. The van der Waals surface area contributed by atoms with Gasteiger partial charge in [0, 0.05) is 18.1 Å². The highest BCUT2D eigenvalue weighted by atomic mass is 19.4. The molecule has 0 bridgehead atoms. The fourth-order valence-corrected chi connectivity index (χ4v) is 3.13. The van der Waals surface area contributed by atoms with Crippen molar-refractivity contribution in [1.82, 2.24) is 15.2 Å². The van der Waals surface area contributed by atoms with E-state index in [0.717, 1.165) is 22.9 Å². The third-order valence-electron chi connectivity index (χ3n) is 4.22. The highest BCUT2D eigenvalue weighted by Crippen LogP contribution is 2.24. The first kappa shape index (κ1) is 16.7. The van der Waals surface area contributed by atoms with Crippen LogP contribution in [0.4, 0.5) is 13.2 Å². The number of nitrogens with one attached hydrogen (secondary N) is 1. The predicted octanol–water partition coefficient (Wildman–Crippen LogP) is 2.88. The number of alkyl halides is 3. The molecule has 1 fully saturated rings. The van der Waals surface area contributed by atoms with Gasteiger partial charge in [0.2, 0.25) is 5.91 Å². The Morgan fingerprint density at radius 2 is 2.08 bits per heavy atom. The molecule has 2 heterocycles. The van der Waals surface area contributed by atoms with E-state index in [0.29, 0.717) is 19.5 Å². The Labute approximate surface area is 137 Å². The van der Waals surface area contributed by atoms with Crippen LogP contribution in [0.3, 0.4) is 0 Å². The lowest BCUT2D eigenvalue weighted by atomic mass is 10.1. The van der Waals surface area contributed by atoms with Gasteiger partial charge in [0.1, 0.15) is 6.54 Å². The van der Waals surface area contributed by atoms with Crippen LogP contribution in [0, 0.1) is 0 Å². The summed E-state index contributed by atoms with van der Waals surface area (Å²) >= 11 is 0. The minimum atomic E-state index is -4.39. The summed E-state index contributed by atoms with van der Waals surface area (Å²) in [6.07, 6.45) is -1.31. The van der Waals surface area contributed by atoms with Crippen molar-refractivity contribution in [2.45, 2.75) is 31.6 Å². The van der Waals surface area contributed by atoms with Crippen molar-refractivity contribution >= 4 is 16.8 Å². The maximum atomic E-state index is 12.3. The Morgan fingerprint density at radius 1 is 1.29 bits per heavy atom. The lowest BCUT2D eigenvalue weighted by Gasteiger charge is -2.24. The molecule has 1 aliphatic rings. The van der Waals surface area contributed by atoms with Gasteiger partial charge in [-0.15, -0.1) is 0 Å². The molecule has 7 heteroatoms. The van der Waals surface area contributed by atoms with Crippen molar-refractivity contribution in [1.29, 1.82) is 0 Å². The summed E-state index contributed by atoms with van der Waals surface area (Å²) in [5.74, 6) is -0.557. The fraction of sp³-hybridized carbons (Fsp3) is 0.412. The first-order chi connectivity index (χ1) is 11.4. The Hall–Kier alpha value is -2.15. The average molecular weight is 337 g/mol. The predicted molar refractivity (Wildman–Crippen MR) is 84.2 cm³/mol. The minimum absolute atomic E-state index is 0.498. The van der Waals surface area contributed by atoms with Crippen LogP contribution in [0.2, 0.25) is 0 Å². The number of pyridine rings is 1. The Morgan fingerprint density at radius 3 is 2.88 bits per heavy atom. The molecule has 128 valence electrons.